The Morgan fingerprint density at radius 2 is 2.20 bits per heavy atom. The third-order valence-corrected chi connectivity index (χ3v) is 2.70. The molecule has 0 unspecified atom stereocenters. The zero-order valence-corrected chi connectivity index (χ0v) is 10.2. The Morgan fingerprint density at radius 1 is 1.47 bits per heavy atom. The predicted molar refractivity (Wildman–Crippen MR) is 59.8 cm³/mol. The molecular formula is C12H22O3. The van der Waals surface area contributed by atoms with E-state index in [2.05, 4.69) is 26.8 Å². The average Bonchev–Trinajstić information content (AvgIpc) is 2.77. The highest BCUT2D eigenvalue weighted by Gasteiger charge is 2.51. The van der Waals surface area contributed by atoms with Crippen LogP contribution >= 0.6 is 0 Å². The van der Waals surface area contributed by atoms with Gasteiger partial charge in [-0.25, -0.2) is 0 Å². The molecule has 3 heteroatoms. The number of epoxide rings is 1. The molecule has 0 saturated carbocycles. The van der Waals surface area contributed by atoms with E-state index < -0.39 is 0 Å². The van der Waals surface area contributed by atoms with Gasteiger partial charge in [0.2, 0.25) is 0 Å². The van der Waals surface area contributed by atoms with Crippen LogP contribution in [-0.4, -0.2) is 32.2 Å². The van der Waals surface area contributed by atoms with Crippen LogP contribution in [0.2, 0.25) is 0 Å². The number of methoxy groups -OCH3 is 1. The second-order valence-corrected chi connectivity index (χ2v) is 4.52. The SMILES string of the molecule is COCOC[C@H]1O[C@]1(C)CCC=C(C)C. The number of allylic oxidation sites excluding steroid dienone is 2. The number of hydrogen-bond donors (Lipinski definition) is 0. The summed E-state index contributed by atoms with van der Waals surface area (Å²) < 4.78 is 15.7. The van der Waals surface area contributed by atoms with Crippen LogP contribution < -0.4 is 0 Å². The van der Waals surface area contributed by atoms with Gasteiger partial charge in [-0.2, -0.15) is 0 Å². The molecule has 2 atom stereocenters. The molecule has 1 rings (SSSR count). The van der Waals surface area contributed by atoms with Crippen LogP contribution in [0, 0.1) is 0 Å². The van der Waals surface area contributed by atoms with E-state index >= 15 is 0 Å². The average molecular weight is 214 g/mol. The Balaban J connectivity index is 2.12. The first kappa shape index (κ1) is 12.7. The fraction of sp³-hybridized carbons (Fsp3) is 0.833. The van der Waals surface area contributed by atoms with Crippen molar-refractivity contribution < 1.29 is 14.2 Å². The summed E-state index contributed by atoms with van der Waals surface area (Å²) in [5.41, 5.74) is 1.39. The van der Waals surface area contributed by atoms with Gasteiger partial charge in [-0.05, 0) is 33.6 Å². The van der Waals surface area contributed by atoms with Gasteiger partial charge in [-0.15, -0.1) is 0 Å². The van der Waals surface area contributed by atoms with E-state index in [4.69, 9.17) is 14.2 Å². The molecule has 3 nitrogen and oxygen atoms in total. The standard InChI is InChI=1S/C12H22O3/c1-10(2)6-5-7-12(3)11(15-12)8-14-9-13-4/h6,11H,5,7-9H2,1-4H3/t11-,12-/m1/s1. The van der Waals surface area contributed by atoms with Crippen LogP contribution in [-0.2, 0) is 14.2 Å². The maximum Gasteiger partial charge on any atom is 0.146 e. The van der Waals surface area contributed by atoms with Gasteiger partial charge in [0.1, 0.15) is 12.9 Å². The fourth-order valence-electron chi connectivity index (χ4n) is 1.61. The first-order valence-corrected chi connectivity index (χ1v) is 5.46. The molecule has 0 aliphatic carbocycles. The van der Waals surface area contributed by atoms with Gasteiger partial charge in [0.05, 0.1) is 12.2 Å². The van der Waals surface area contributed by atoms with Crippen molar-refractivity contribution in [2.45, 2.75) is 45.3 Å². The third-order valence-electron chi connectivity index (χ3n) is 2.70. The van der Waals surface area contributed by atoms with Crippen molar-refractivity contribution in [1.82, 2.24) is 0 Å². The van der Waals surface area contributed by atoms with Crippen LogP contribution in [0.5, 0.6) is 0 Å². The van der Waals surface area contributed by atoms with Crippen molar-refractivity contribution in [2.24, 2.45) is 0 Å². The first-order valence-electron chi connectivity index (χ1n) is 5.46. The third kappa shape index (κ3) is 4.33. The van der Waals surface area contributed by atoms with E-state index in [1.165, 1.54) is 5.57 Å². The van der Waals surface area contributed by atoms with Gasteiger partial charge in [0.15, 0.2) is 0 Å². The summed E-state index contributed by atoms with van der Waals surface area (Å²) in [4.78, 5) is 0. The van der Waals surface area contributed by atoms with E-state index in [-0.39, 0.29) is 11.7 Å². The lowest BCUT2D eigenvalue weighted by Crippen LogP contribution is -2.14. The predicted octanol–water partition coefficient (Wildman–Crippen LogP) is 2.51. The molecule has 88 valence electrons. The molecule has 0 spiro atoms. The summed E-state index contributed by atoms with van der Waals surface area (Å²) in [6, 6.07) is 0. The Labute approximate surface area is 92.4 Å². The second-order valence-electron chi connectivity index (χ2n) is 4.52. The van der Waals surface area contributed by atoms with Crippen LogP contribution in [0.4, 0.5) is 0 Å². The zero-order valence-electron chi connectivity index (χ0n) is 10.2. The molecule has 1 aliphatic heterocycles. The van der Waals surface area contributed by atoms with E-state index in [0.29, 0.717) is 13.4 Å². The summed E-state index contributed by atoms with van der Waals surface area (Å²) >= 11 is 0. The van der Waals surface area contributed by atoms with Crippen LogP contribution in [0.15, 0.2) is 11.6 Å². The van der Waals surface area contributed by atoms with E-state index in [9.17, 15) is 0 Å². The normalized spacial score (nSPS) is 28.9. The Morgan fingerprint density at radius 3 is 2.80 bits per heavy atom. The van der Waals surface area contributed by atoms with Crippen LogP contribution in [0.1, 0.15) is 33.6 Å². The number of rotatable bonds is 7. The summed E-state index contributed by atoms with van der Waals surface area (Å²) in [6.07, 6.45) is 4.65. The van der Waals surface area contributed by atoms with Crippen molar-refractivity contribution in [3.05, 3.63) is 11.6 Å². The van der Waals surface area contributed by atoms with Crippen LogP contribution in [0.3, 0.4) is 0 Å². The highest BCUT2D eigenvalue weighted by atomic mass is 16.7. The lowest BCUT2D eigenvalue weighted by atomic mass is 10.0. The highest BCUT2D eigenvalue weighted by molar-refractivity contribution is 5.02. The van der Waals surface area contributed by atoms with E-state index in [1.807, 2.05) is 0 Å². The molecule has 0 amide bonds. The molecule has 1 fully saturated rings. The van der Waals surface area contributed by atoms with Gasteiger partial charge in [0, 0.05) is 7.11 Å². The summed E-state index contributed by atoms with van der Waals surface area (Å²) in [6.45, 7) is 7.38. The molecule has 0 aromatic rings. The molecule has 0 aromatic carbocycles. The maximum absolute atomic E-state index is 5.62. The summed E-state index contributed by atoms with van der Waals surface area (Å²) in [5.74, 6) is 0. The second kappa shape index (κ2) is 5.64. The Hall–Kier alpha value is -0.380. The zero-order chi connectivity index (χ0) is 11.3. The van der Waals surface area contributed by atoms with Crippen molar-refractivity contribution in [2.75, 3.05) is 20.5 Å². The van der Waals surface area contributed by atoms with Gasteiger partial charge in [-0.1, -0.05) is 11.6 Å². The minimum absolute atomic E-state index is 0.0275. The molecule has 1 heterocycles. The van der Waals surface area contributed by atoms with Crippen LogP contribution in [0.25, 0.3) is 0 Å². The van der Waals surface area contributed by atoms with E-state index in [0.717, 1.165) is 12.8 Å². The van der Waals surface area contributed by atoms with Crippen molar-refractivity contribution in [3.8, 4) is 0 Å². The highest BCUT2D eigenvalue weighted by Crippen LogP contribution is 2.40. The Bertz CT molecular complexity index is 221. The topological polar surface area (TPSA) is 31.0 Å². The number of hydrogen-bond acceptors (Lipinski definition) is 3. The van der Waals surface area contributed by atoms with Crippen molar-refractivity contribution in [1.29, 1.82) is 0 Å². The summed E-state index contributed by atoms with van der Waals surface area (Å²) in [7, 11) is 1.63. The molecule has 0 radical (unpaired) electrons. The molecule has 0 bridgehead atoms. The van der Waals surface area contributed by atoms with E-state index in [1.54, 1.807) is 7.11 Å². The quantitative estimate of drug-likeness (QED) is 0.282. The van der Waals surface area contributed by atoms with Gasteiger partial charge >= 0.3 is 0 Å². The maximum atomic E-state index is 5.62. The monoisotopic (exact) mass is 214 g/mol. The minimum Gasteiger partial charge on any atom is -0.364 e. The molecule has 1 saturated heterocycles. The fourth-order valence-corrected chi connectivity index (χ4v) is 1.61. The van der Waals surface area contributed by atoms with Crippen molar-refractivity contribution in [3.63, 3.8) is 0 Å². The van der Waals surface area contributed by atoms with Gasteiger partial charge in [0.25, 0.3) is 0 Å². The van der Waals surface area contributed by atoms with Crippen molar-refractivity contribution >= 4 is 0 Å². The smallest absolute Gasteiger partial charge is 0.146 e. The minimum atomic E-state index is 0.0275. The molecule has 0 N–H and O–H groups in total. The summed E-state index contributed by atoms with van der Waals surface area (Å²) in [5, 5.41) is 0. The Kier molecular flexibility index (Phi) is 4.77. The lowest BCUT2D eigenvalue weighted by Gasteiger charge is -2.04. The molecule has 15 heavy (non-hydrogen) atoms. The molecule has 0 aromatic heterocycles. The molecule has 1 aliphatic rings. The number of ether oxygens (including phenoxy) is 3. The van der Waals surface area contributed by atoms with Gasteiger partial charge < -0.3 is 14.2 Å². The lowest BCUT2D eigenvalue weighted by molar-refractivity contribution is -0.0352. The largest absolute Gasteiger partial charge is 0.364 e. The van der Waals surface area contributed by atoms with Gasteiger partial charge in [-0.3, -0.25) is 0 Å². The first-order chi connectivity index (χ1) is 7.08. The molecular weight excluding hydrogens is 192 g/mol.